The van der Waals surface area contributed by atoms with E-state index in [2.05, 4.69) is 20.9 Å². The van der Waals surface area contributed by atoms with Gasteiger partial charge >= 0.3 is 6.03 Å². The van der Waals surface area contributed by atoms with Crippen LogP contribution in [0.3, 0.4) is 0 Å². The molecule has 3 N–H and O–H groups in total. The Balaban J connectivity index is 1.64. The molecule has 0 spiro atoms. The number of hydrogen-bond donors (Lipinski definition) is 3. The minimum absolute atomic E-state index is 0.0526. The minimum Gasteiger partial charge on any atom is -0.349 e. The van der Waals surface area contributed by atoms with Crippen LogP contribution in [0.5, 0.6) is 0 Å². The van der Waals surface area contributed by atoms with Crippen LogP contribution in [0.25, 0.3) is 0 Å². The first-order chi connectivity index (χ1) is 14.6. The van der Waals surface area contributed by atoms with E-state index in [0.717, 1.165) is 18.4 Å². The first-order valence-electron chi connectivity index (χ1n) is 10.3. The minimum atomic E-state index is -0.556. The molecule has 0 bridgehead atoms. The van der Waals surface area contributed by atoms with E-state index in [1.165, 1.54) is 0 Å². The number of amides is 4. The molecule has 0 saturated carbocycles. The van der Waals surface area contributed by atoms with Crippen molar-refractivity contribution in [3.05, 3.63) is 71.8 Å². The van der Waals surface area contributed by atoms with Gasteiger partial charge in [-0.05, 0) is 37.5 Å². The van der Waals surface area contributed by atoms with E-state index in [1.807, 2.05) is 48.5 Å². The fraction of sp³-hybridized carbons (Fsp3) is 0.348. The third-order valence-electron chi connectivity index (χ3n) is 5.20. The van der Waals surface area contributed by atoms with Crippen LogP contribution in [0.4, 0.5) is 4.79 Å². The van der Waals surface area contributed by atoms with E-state index >= 15 is 0 Å². The molecule has 30 heavy (non-hydrogen) atoms. The lowest BCUT2D eigenvalue weighted by Gasteiger charge is -2.37. The second kappa shape index (κ2) is 10.5. The van der Waals surface area contributed by atoms with Gasteiger partial charge in [-0.2, -0.15) is 0 Å². The van der Waals surface area contributed by atoms with Gasteiger partial charge in [-0.1, -0.05) is 48.5 Å². The van der Waals surface area contributed by atoms with Gasteiger partial charge in [0.05, 0.1) is 0 Å². The summed E-state index contributed by atoms with van der Waals surface area (Å²) in [5.41, 5.74) is 1.48. The van der Waals surface area contributed by atoms with Gasteiger partial charge in [0.15, 0.2) is 0 Å². The third-order valence-corrected chi connectivity index (χ3v) is 5.20. The molecule has 1 aliphatic heterocycles. The molecular formula is C23H28N4O3. The normalized spacial score (nSPS) is 15.8. The molecule has 0 radical (unpaired) electrons. The highest BCUT2D eigenvalue weighted by Gasteiger charge is 2.32. The first kappa shape index (κ1) is 21.5. The Morgan fingerprint density at radius 3 is 2.17 bits per heavy atom. The number of hydrogen-bond acceptors (Lipinski definition) is 4. The summed E-state index contributed by atoms with van der Waals surface area (Å²) in [5, 5.41) is 8.12. The Bertz CT molecular complexity index is 849. The number of likely N-dealkylation sites (tertiary alicyclic amines) is 1. The number of urea groups is 1. The molecule has 158 valence electrons. The van der Waals surface area contributed by atoms with E-state index in [9.17, 15) is 14.4 Å². The van der Waals surface area contributed by atoms with Crippen molar-refractivity contribution in [3.63, 3.8) is 0 Å². The predicted octanol–water partition coefficient (Wildman–Crippen LogP) is 2.47. The highest BCUT2D eigenvalue weighted by Crippen LogP contribution is 2.25. The van der Waals surface area contributed by atoms with Gasteiger partial charge in [0, 0.05) is 31.2 Å². The molecule has 1 unspecified atom stereocenters. The molecule has 0 aliphatic carbocycles. The van der Waals surface area contributed by atoms with E-state index in [0.29, 0.717) is 25.2 Å². The smallest absolute Gasteiger partial charge is 0.321 e. The van der Waals surface area contributed by atoms with E-state index in [4.69, 9.17) is 0 Å². The summed E-state index contributed by atoms with van der Waals surface area (Å²) in [6.07, 6.45) is 1.46. The van der Waals surface area contributed by atoms with Crippen LogP contribution < -0.4 is 16.0 Å². The maximum atomic E-state index is 12.9. The topological polar surface area (TPSA) is 90.5 Å². The van der Waals surface area contributed by atoms with Crippen molar-refractivity contribution in [1.29, 1.82) is 0 Å². The number of nitrogens with one attached hydrogen (secondary N) is 3. The van der Waals surface area contributed by atoms with Crippen molar-refractivity contribution in [2.75, 3.05) is 19.6 Å². The molecule has 2 aromatic carbocycles. The highest BCUT2D eigenvalue weighted by molar-refractivity contribution is 5.97. The largest absolute Gasteiger partial charge is 0.349 e. The number of imide groups is 1. The van der Waals surface area contributed by atoms with Crippen molar-refractivity contribution in [2.24, 2.45) is 0 Å². The molecule has 2 aromatic rings. The van der Waals surface area contributed by atoms with Gasteiger partial charge in [0.1, 0.15) is 6.04 Å². The summed E-state index contributed by atoms with van der Waals surface area (Å²) in [7, 11) is 0. The quantitative estimate of drug-likeness (QED) is 0.685. The van der Waals surface area contributed by atoms with Crippen LogP contribution >= 0.6 is 0 Å². The number of nitrogens with zero attached hydrogens (tertiary/aromatic N) is 1. The zero-order valence-corrected chi connectivity index (χ0v) is 17.1. The Morgan fingerprint density at radius 2 is 1.57 bits per heavy atom. The van der Waals surface area contributed by atoms with Gasteiger partial charge in [-0.15, -0.1) is 0 Å². The highest BCUT2D eigenvalue weighted by atomic mass is 16.2. The standard InChI is InChI=1S/C23H28N4O3/c1-2-24-23(30)26-22(29)20(17-9-5-3-6-10-17)27-15-13-19(14-16-27)25-21(28)18-11-7-4-8-12-18/h3-12,19-20H,2,13-16H2,1H3,(H,25,28)(H2,24,26,29,30). The van der Waals surface area contributed by atoms with Crippen molar-refractivity contribution in [3.8, 4) is 0 Å². The molecule has 1 heterocycles. The summed E-state index contributed by atoms with van der Waals surface area (Å²) in [5.74, 6) is -0.429. The number of piperidine rings is 1. The van der Waals surface area contributed by atoms with Crippen LogP contribution in [0.1, 0.15) is 41.7 Å². The molecule has 1 atom stereocenters. The van der Waals surface area contributed by atoms with Crippen LogP contribution in [-0.2, 0) is 4.79 Å². The summed E-state index contributed by atoms with van der Waals surface area (Å²) >= 11 is 0. The maximum absolute atomic E-state index is 12.9. The predicted molar refractivity (Wildman–Crippen MR) is 115 cm³/mol. The lowest BCUT2D eigenvalue weighted by Crippen LogP contribution is -2.50. The molecule has 0 aromatic heterocycles. The average molecular weight is 409 g/mol. The zero-order chi connectivity index (χ0) is 21.3. The van der Waals surface area contributed by atoms with Gasteiger partial charge in [-0.25, -0.2) is 4.79 Å². The van der Waals surface area contributed by atoms with Gasteiger partial charge in [0.2, 0.25) is 5.91 Å². The second-order valence-corrected chi connectivity index (χ2v) is 7.31. The van der Waals surface area contributed by atoms with Crippen LogP contribution in [0.15, 0.2) is 60.7 Å². The molecular weight excluding hydrogens is 380 g/mol. The van der Waals surface area contributed by atoms with Gasteiger partial charge in [-0.3, -0.25) is 19.8 Å². The van der Waals surface area contributed by atoms with Crippen molar-refractivity contribution in [2.45, 2.75) is 31.8 Å². The van der Waals surface area contributed by atoms with E-state index in [1.54, 1.807) is 19.1 Å². The lowest BCUT2D eigenvalue weighted by molar-refractivity contribution is -0.126. The Labute approximate surface area is 176 Å². The maximum Gasteiger partial charge on any atom is 0.321 e. The Kier molecular flexibility index (Phi) is 7.57. The third kappa shape index (κ3) is 5.67. The Hall–Kier alpha value is -3.19. The van der Waals surface area contributed by atoms with E-state index < -0.39 is 12.1 Å². The zero-order valence-electron chi connectivity index (χ0n) is 17.1. The molecule has 3 rings (SSSR count). The number of rotatable bonds is 6. The summed E-state index contributed by atoms with van der Waals surface area (Å²) in [6.45, 7) is 3.53. The molecule has 1 saturated heterocycles. The first-order valence-corrected chi connectivity index (χ1v) is 10.3. The fourth-order valence-electron chi connectivity index (χ4n) is 3.71. The average Bonchev–Trinajstić information content (AvgIpc) is 2.76. The number of carbonyl (C=O) groups is 3. The summed E-state index contributed by atoms with van der Waals surface area (Å²) in [6, 6.07) is 17.6. The summed E-state index contributed by atoms with van der Waals surface area (Å²) < 4.78 is 0. The van der Waals surface area contributed by atoms with Crippen LogP contribution in [0.2, 0.25) is 0 Å². The number of benzene rings is 2. The Morgan fingerprint density at radius 1 is 0.967 bits per heavy atom. The molecule has 1 fully saturated rings. The van der Waals surface area contributed by atoms with Gasteiger partial charge in [0.25, 0.3) is 5.91 Å². The van der Waals surface area contributed by atoms with Crippen LogP contribution in [-0.4, -0.2) is 48.4 Å². The molecule has 7 heteroatoms. The van der Waals surface area contributed by atoms with Gasteiger partial charge < -0.3 is 10.6 Å². The lowest BCUT2D eigenvalue weighted by atomic mass is 9.98. The van der Waals surface area contributed by atoms with Crippen molar-refractivity contribution in [1.82, 2.24) is 20.9 Å². The molecule has 4 amide bonds. The van der Waals surface area contributed by atoms with Crippen molar-refractivity contribution >= 4 is 17.8 Å². The SMILES string of the molecule is CCNC(=O)NC(=O)C(c1ccccc1)N1CCC(NC(=O)c2ccccc2)CC1. The van der Waals surface area contributed by atoms with Crippen molar-refractivity contribution < 1.29 is 14.4 Å². The monoisotopic (exact) mass is 408 g/mol. The van der Waals surface area contributed by atoms with E-state index in [-0.39, 0.29) is 17.9 Å². The summed E-state index contributed by atoms with van der Waals surface area (Å²) in [4.78, 5) is 39.2. The molecule has 7 nitrogen and oxygen atoms in total. The number of carbonyl (C=O) groups excluding carboxylic acids is 3. The fourth-order valence-corrected chi connectivity index (χ4v) is 3.71. The van der Waals surface area contributed by atoms with Crippen LogP contribution in [0, 0.1) is 0 Å². The molecule has 1 aliphatic rings. The second-order valence-electron chi connectivity index (χ2n) is 7.31.